The van der Waals surface area contributed by atoms with Crippen LogP contribution in [0.3, 0.4) is 0 Å². The van der Waals surface area contributed by atoms with E-state index in [0.29, 0.717) is 18.0 Å². The van der Waals surface area contributed by atoms with Crippen LogP contribution in [0.4, 0.5) is 0 Å². The molecular formula is C20H19N3O2. The summed E-state index contributed by atoms with van der Waals surface area (Å²) in [5.41, 5.74) is 2.21. The maximum atomic E-state index is 10.5. The first-order valence-electron chi connectivity index (χ1n) is 8.24. The summed E-state index contributed by atoms with van der Waals surface area (Å²) < 4.78 is 5.61. The van der Waals surface area contributed by atoms with Crippen molar-refractivity contribution in [2.24, 2.45) is 0 Å². The van der Waals surface area contributed by atoms with Gasteiger partial charge in [0.2, 0.25) is 0 Å². The Hall–Kier alpha value is -3.26. The first-order valence-corrected chi connectivity index (χ1v) is 8.24. The van der Waals surface area contributed by atoms with Crippen molar-refractivity contribution in [2.75, 3.05) is 6.61 Å². The van der Waals surface area contributed by atoms with E-state index in [9.17, 15) is 10.4 Å². The molecule has 0 spiro atoms. The Bertz CT molecular complexity index is 900. The quantitative estimate of drug-likeness (QED) is 0.389. The summed E-state index contributed by atoms with van der Waals surface area (Å²) in [5, 5.41) is 20.0. The molecule has 3 aromatic rings. The van der Waals surface area contributed by atoms with E-state index in [1.165, 1.54) is 0 Å². The minimum Gasteiger partial charge on any atom is -0.506 e. The zero-order valence-electron chi connectivity index (χ0n) is 14.0. The number of aromatic amines is 1. The number of nitriles is 1. The van der Waals surface area contributed by atoms with Gasteiger partial charge in [-0.2, -0.15) is 5.26 Å². The summed E-state index contributed by atoms with van der Waals surface area (Å²) in [6.07, 6.45) is 2.07. The van der Waals surface area contributed by atoms with Crippen molar-refractivity contribution < 1.29 is 9.84 Å². The minimum absolute atomic E-state index is 0.107. The summed E-state index contributed by atoms with van der Waals surface area (Å²) in [7, 11) is 0. The lowest BCUT2D eigenvalue weighted by molar-refractivity contribution is 0.309. The highest BCUT2D eigenvalue weighted by Gasteiger charge is 2.14. The minimum atomic E-state index is -0.110. The average Bonchev–Trinajstić information content (AvgIpc) is 3.06. The molecule has 1 heterocycles. The molecule has 0 atom stereocenters. The Balaban J connectivity index is 1.89. The summed E-state index contributed by atoms with van der Waals surface area (Å²) in [5.74, 6) is 0.985. The van der Waals surface area contributed by atoms with Crippen LogP contribution in [0.2, 0.25) is 0 Å². The molecule has 2 N–H and O–H groups in total. The van der Waals surface area contributed by atoms with Crippen LogP contribution >= 0.6 is 0 Å². The van der Waals surface area contributed by atoms with Crippen LogP contribution in [0.1, 0.15) is 31.2 Å². The molecule has 0 unspecified atom stereocenters. The molecule has 2 aromatic carbocycles. The predicted molar refractivity (Wildman–Crippen MR) is 98.0 cm³/mol. The number of aliphatic hydroxyl groups excluding tert-OH is 1. The molecule has 0 fully saturated rings. The number of imidazole rings is 1. The topological polar surface area (TPSA) is 81.9 Å². The van der Waals surface area contributed by atoms with Crippen molar-refractivity contribution in [3.63, 3.8) is 0 Å². The van der Waals surface area contributed by atoms with E-state index in [4.69, 9.17) is 4.74 Å². The van der Waals surface area contributed by atoms with Gasteiger partial charge in [-0.15, -0.1) is 0 Å². The second-order valence-electron chi connectivity index (χ2n) is 5.66. The van der Waals surface area contributed by atoms with E-state index in [1.54, 1.807) is 24.3 Å². The lowest BCUT2D eigenvalue weighted by Crippen LogP contribution is -1.97. The number of para-hydroxylation sites is 2. The maximum absolute atomic E-state index is 10.5. The molecular weight excluding hydrogens is 314 g/mol. The number of nitrogens with one attached hydrogen (secondary N) is 1. The fourth-order valence-electron chi connectivity index (χ4n) is 2.48. The third-order valence-corrected chi connectivity index (χ3v) is 3.87. The van der Waals surface area contributed by atoms with Crippen LogP contribution < -0.4 is 4.74 Å². The third-order valence-electron chi connectivity index (χ3n) is 3.87. The van der Waals surface area contributed by atoms with Gasteiger partial charge in [-0.3, -0.25) is 0 Å². The number of aromatic nitrogens is 2. The molecule has 0 bridgehead atoms. The molecule has 5 nitrogen and oxygen atoms in total. The second kappa shape index (κ2) is 7.54. The molecule has 0 aliphatic rings. The number of benzene rings is 2. The molecule has 0 aliphatic heterocycles. The van der Waals surface area contributed by atoms with E-state index < -0.39 is 0 Å². The van der Waals surface area contributed by atoms with Crippen molar-refractivity contribution in [3.05, 3.63) is 59.9 Å². The SMILES string of the molecule is CCCCOc1ccc(C(O)=C(C#N)c2nc3ccccc3[nH]2)cc1. The lowest BCUT2D eigenvalue weighted by Gasteiger charge is -2.07. The van der Waals surface area contributed by atoms with E-state index in [-0.39, 0.29) is 11.3 Å². The van der Waals surface area contributed by atoms with Crippen LogP contribution in [-0.2, 0) is 0 Å². The maximum Gasteiger partial charge on any atom is 0.153 e. The molecule has 0 radical (unpaired) electrons. The van der Waals surface area contributed by atoms with E-state index in [1.807, 2.05) is 30.3 Å². The first-order chi connectivity index (χ1) is 12.2. The lowest BCUT2D eigenvalue weighted by atomic mass is 10.1. The van der Waals surface area contributed by atoms with Crippen LogP contribution in [0.15, 0.2) is 48.5 Å². The Morgan fingerprint density at radius 3 is 2.64 bits per heavy atom. The van der Waals surface area contributed by atoms with Gasteiger partial charge < -0.3 is 14.8 Å². The highest BCUT2D eigenvalue weighted by Crippen LogP contribution is 2.25. The number of allylic oxidation sites excluding steroid dienone is 1. The number of nitrogens with zero attached hydrogens (tertiary/aromatic N) is 2. The number of H-pyrrole nitrogens is 1. The fourth-order valence-corrected chi connectivity index (χ4v) is 2.48. The normalized spacial score (nSPS) is 11.8. The summed E-state index contributed by atoms with van der Waals surface area (Å²) >= 11 is 0. The fraction of sp³-hybridized carbons (Fsp3) is 0.200. The Kier molecular flexibility index (Phi) is 5.00. The van der Waals surface area contributed by atoms with Crippen molar-refractivity contribution in [2.45, 2.75) is 19.8 Å². The zero-order chi connectivity index (χ0) is 17.6. The number of aliphatic hydroxyl groups is 1. The molecule has 1 aromatic heterocycles. The van der Waals surface area contributed by atoms with Crippen molar-refractivity contribution in [3.8, 4) is 11.8 Å². The number of fused-ring (bicyclic) bond motifs is 1. The zero-order valence-corrected chi connectivity index (χ0v) is 14.0. The van der Waals surface area contributed by atoms with Crippen molar-refractivity contribution >= 4 is 22.4 Å². The number of ether oxygens (including phenoxy) is 1. The monoisotopic (exact) mass is 333 g/mol. The number of unbranched alkanes of at least 4 members (excludes halogenated alkanes) is 1. The van der Waals surface area contributed by atoms with Gasteiger partial charge in [0, 0.05) is 5.56 Å². The molecule has 0 amide bonds. The molecule has 0 saturated heterocycles. The molecule has 3 rings (SSSR count). The van der Waals surface area contributed by atoms with Gasteiger partial charge in [0.1, 0.15) is 23.2 Å². The van der Waals surface area contributed by atoms with E-state index in [0.717, 1.165) is 29.6 Å². The van der Waals surface area contributed by atoms with Crippen molar-refractivity contribution in [1.82, 2.24) is 9.97 Å². The van der Waals surface area contributed by atoms with Crippen molar-refractivity contribution in [1.29, 1.82) is 5.26 Å². The van der Waals surface area contributed by atoms with E-state index in [2.05, 4.69) is 16.9 Å². The second-order valence-corrected chi connectivity index (χ2v) is 5.66. The Labute approximate surface area is 146 Å². The molecule has 126 valence electrons. The van der Waals surface area contributed by atoms with Gasteiger partial charge in [-0.05, 0) is 42.8 Å². The van der Waals surface area contributed by atoms with Gasteiger partial charge in [0.05, 0.1) is 17.6 Å². The van der Waals surface area contributed by atoms with Crippen LogP contribution in [0.5, 0.6) is 5.75 Å². The van der Waals surface area contributed by atoms with Crippen LogP contribution in [-0.4, -0.2) is 21.7 Å². The largest absolute Gasteiger partial charge is 0.506 e. The van der Waals surface area contributed by atoms with Crippen LogP contribution in [0, 0.1) is 11.3 Å². The first kappa shape index (κ1) is 16.6. The van der Waals surface area contributed by atoms with Gasteiger partial charge >= 0.3 is 0 Å². The highest BCUT2D eigenvalue weighted by atomic mass is 16.5. The molecule has 0 aliphatic carbocycles. The standard InChI is InChI=1S/C20H19N3O2/c1-2-3-12-25-15-10-8-14(9-11-15)19(24)16(13-21)20-22-17-6-4-5-7-18(17)23-20/h4-11,24H,2-3,12H2,1H3,(H,22,23). The number of hydrogen-bond donors (Lipinski definition) is 2. The summed E-state index contributed by atoms with van der Waals surface area (Å²) in [6.45, 7) is 2.77. The predicted octanol–water partition coefficient (Wildman–Crippen LogP) is 4.69. The van der Waals surface area contributed by atoms with Gasteiger partial charge in [0.25, 0.3) is 0 Å². The molecule has 25 heavy (non-hydrogen) atoms. The Morgan fingerprint density at radius 2 is 1.96 bits per heavy atom. The van der Waals surface area contributed by atoms with Crippen LogP contribution in [0.25, 0.3) is 22.4 Å². The van der Waals surface area contributed by atoms with Gasteiger partial charge in [-0.25, -0.2) is 4.98 Å². The summed E-state index contributed by atoms with van der Waals surface area (Å²) in [4.78, 5) is 7.44. The van der Waals surface area contributed by atoms with Gasteiger partial charge in [0.15, 0.2) is 5.82 Å². The summed E-state index contributed by atoms with van der Waals surface area (Å²) in [6, 6.07) is 16.6. The smallest absolute Gasteiger partial charge is 0.153 e. The average molecular weight is 333 g/mol. The number of rotatable bonds is 6. The number of hydrogen-bond acceptors (Lipinski definition) is 4. The molecule has 0 saturated carbocycles. The highest BCUT2D eigenvalue weighted by molar-refractivity contribution is 5.94. The van der Waals surface area contributed by atoms with E-state index >= 15 is 0 Å². The third kappa shape index (κ3) is 3.64. The molecule has 5 heteroatoms. The Morgan fingerprint density at radius 1 is 1.20 bits per heavy atom. The van der Waals surface area contributed by atoms with Gasteiger partial charge in [-0.1, -0.05) is 25.5 Å².